The number of amides is 1. The van der Waals surface area contributed by atoms with Gasteiger partial charge in [0.05, 0.1) is 16.2 Å². The Labute approximate surface area is 154 Å². The summed E-state index contributed by atoms with van der Waals surface area (Å²) >= 11 is 0. The third kappa shape index (κ3) is 3.14. The third-order valence-electron chi connectivity index (χ3n) is 3.82. The number of carboxylic acid groups (broad SMARTS) is 1. The molecule has 1 aliphatic heterocycles. The molecule has 1 amide bonds. The highest BCUT2D eigenvalue weighted by molar-refractivity contribution is 8.35. The van der Waals surface area contributed by atoms with Gasteiger partial charge in [0.1, 0.15) is 0 Å². The molecule has 10 heteroatoms. The normalized spacial score (nSPS) is 15.2. The van der Waals surface area contributed by atoms with Gasteiger partial charge in [-0.05, 0) is 51.6 Å². The molecular weight excluding hydrogens is 382 g/mol. The summed E-state index contributed by atoms with van der Waals surface area (Å²) in [7, 11) is 5.35. The molecule has 0 aliphatic carbocycles. The van der Waals surface area contributed by atoms with Crippen molar-refractivity contribution in [2.24, 2.45) is 0 Å². The van der Waals surface area contributed by atoms with E-state index in [0.29, 0.717) is 15.7 Å². The van der Waals surface area contributed by atoms with E-state index in [1.165, 1.54) is 37.3 Å². The number of nitro groups is 1. The van der Waals surface area contributed by atoms with Crippen LogP contribution < -0.4 is 10.6 Å². The Hall–Kier alpha value is -2.91. The van der Waals surface area contributed by atoms with Crippen molar-refractivity contribution in [2.45, 2.75) is 11.8 Å². The molecule has 0 aromatic heterocycles. The fraction of sp³-hybridized carbons (Fsp3) is 0.0625. The van der Waals surface area contributed by atoms with Gasteiger partial charge in [-0.15, -0.1) is 0 Å². The van der Waals surface area contributed by atoms with Crippen molar-refractivity contribution in [3.8, 4) is 0 Å². The monoisotopic (exact) mass is 393 g/mol. The maximum Gasteiger partial charge on any atom is 0.335 e. The van der Waals surface area contributed by atoms with Crippen LogP contribution in [0, 0.1) is 17.0 Å². The number of carbonyl (C=O) groups is 2. The maximum absolute atomic E-state index is 12.5. The van der Waals surface area contributed by atoms with Gasteiger partial charge in [-0.1, -0.05) is 6.07 Å². The Morgan fingerprint density at radius 1 is 1.31 bits per heavy atom. The molecule has 0 radical (unpaired) electrons. The Bertz CT molecular complexity index is 1010. The largest absolute Gasteiger partial charge is 0.478 e. The van der Waals surface area contributed by atoms with E-state index in [2.05, 4.69) is 10.6 Å². The van der Waals surface area contributed by atoms with Gasteiger partial charge in [-0.25, -0.2) is 4.79 Å². The lowest BCUT2D eigenvalue weighted by molar-refractivity contribution is -0.385. The van der Waals surface area contributed by atoms with Gasteiger partial charge >= 0.3 is 5.97 Å². The zero-order valence-corrected chi connectivity index (χ0v) is 14.9. The first-order valence-corrected chi connectivity index (χ1v) is 9.32. The fourth-order valence-electron chi connectivity index (χ4n) is 2.51. The number of anilines is 1. The summed E-state index contributed by atoms with van der Waals surface area (Å²) in [4.78, 5) is 34.7. The van der Waals surface area contributed by atoms with E-state index in [0.717, 1.165) is 0 Å². The zero-order chi connectivity index (χ0) is 19.0. The van der Waals surface area contributed by atoms with E-state index < -0.39 is 26.5 Å². The molecule has 1 heterocycles. The van der Waals surface area contributed by atoms with Gasteiger partial charge < -0.3 is 15.7 Å². The lowest BCUT2D eigenvalue weighted by atomic mass is 10.1. The molecule has 134 valence electrons. The van der Waals surface area contributed by atoms with Crippen LogP contribution in [-0.4, -0.2) is 27.0 Å². The van der Waals surface area contributed by atoms with Crippen LogP contribution in [0.5, 0.6) is 0 Å². The fourth-order valence-corrected chi connectivity index (χ4v) is 4.24. The summed E-state index contributed by atoms with van der Waals surface area (Å²) in [5.41, 5.74) is 0.834. The van der Waals surface area contributed by atoms with Crippen molar-refractivity contribution in [3.05, 3.63) is 63.2 Å². The standard InChI is InChI=1S/C16H12ClN3O5S/c1-8-10(3-2-4-12(8)20(24)25)14(21)19-16-18-11-7-9(15(22)23)5-6-13(11)26(16)17/h2-7,18H,1H3,(H,19,21)(H,22,23). The topological polar surface area (TPSA) is 122 Å². The van der Waals surface area contributed by atoms with Gasteiger partial charge in [-0.3, -0.25) is 14.9 Å². The summed E-state index contributed by atoms with van der Waals surface area (Å²) in [6, 6.07) is 8.68. The predicted octanol–water partition coefficient (Wildman–Crippen LogP) is 3.33. The molecule has 0 bridgehead atoms. The molecule has 0 saturated heterocycles. The molecule has 2 aromatic rings. The van der Waals surface area contributed by atoms with Gasteiger partial charge in [-0.2, -0.15) is 0 Å². The molecule has 0 fully saturated rings. The molecule has 3 N–H and O–H groups in total. The second-order valence-corrected chi connectivity index (χ2v) is 7.67. The molecule has 1 aliphatic rings. The smallest absolute Gasteiger partial charge is 0.335 e. The van der Waals surface area contributed by atoms with E-state index in [1.807, 2.05) is 0 Å². The van der Waals surface area contributed by atoms with E-state index in [-0.39, 0.29) is 22.4 Å². The van der Waals surface area contributed by atoms with Crippen LogP contribution in [0.1, 0.15) is 26.3 Å². The number of rotatable bonds is 3. The molecule has 1 unspecified atom stereocenters. The molecule has 8 nitrogen and oxygen atoms in total. The van der Waals surface area contributed by atoms with Gasteiger partial charge in [0.25, 0.3) is 11.6 Å². The van der Waals surface area contributed by atoms with E-state index in [9.17, 15) is 19.7 Å². The van der Waals surface area contributed by atoms with Crippen LogP contribution in [0.2, 0.25) is 0 Å². The van der Waals surface area contributed by atoms with Crippen molar-refractivity contribution in [1.29, 1.82) is 0 Å². The number of hydrogen-bond donors (Lipinski definition) is 3. The minimum atomic E-state index is -1.08. The van der Waals surface area contributed by atoms with Gasteiger partial charge in [0.2, 0.25) is 0 Å². The first kappa shape index (κ1) is 17.9. The van der Waals surface area contributed by atoms with Crippen molar-refractivity contribution in [3.63, 3.8) is 0 Å². The number of carboxylic acids is 1. The summed E-state index contributed by atoms with van der Waals surface area (Å²) in [5, 5.41) is 25.9. The van der Waals surface area contributed by atoms with Crippen LogP contribution in [0.4, 0.5) is 11.4 Å². The third-order valence-corrected chi connectivity index (χ3v) is 6.09. The van der Waals surface area contributed by atoms with Crippen LogP contribution in [0.3, 0.4) is 0 Å². The molecular formula is C16H12ClN3O5S. The minimum Gasteiger partial charge on any atom is -0.478 e. The number of aromatic carboxylic acids is 1. The van der Waals surface area contributed by atoms with Gasteiger partial charge in [0.15, 0.2) is 5.11 Å². The molecule has 1 atom stereocenters. The van der Waals surface area contributed by atoms with Gasteiger partial charge in [0, 0.05) is 22.1 Å². The number of nitro benzene ring substituents is 1. The summed E-state index contributed by atoms with van der Waals surface area (Å²) in [5.74, 6) is -1.62. The van der Waals surface area contributed by atoms with E-state index >= 15 is 0 Å². The average Bonchev–Trinajstić information content (AvgIpc) is 2.90. The van der Waals surface area contributed by atoms with Crippen molar-refractivity contribution >= 4 is 48.7 Å². The van der Waals surface area contributed by atoms with E-state index in [4.69, 9.17) is 15.8 Å². The molecule has 3 rings (SSSR count). The van der Waals surface area contributed by atoms with Crippen LogP contribution in [0.15, 0.2) is 41.3 Å². The SMILES string of the molecule is Cc1c(C(=O)NC2=S(Cl)c3ccc(C(=O)O)cc3N2)cccc1[N+](=O)[O-]. The number of nitrogens with one attached hydrogen (secondary N) is 2. The van der Waals surface area contributed by atoms with Crippen molar-refractivity contribution < 1.29 is 19.6 Å². The quantitative estimate of drug-likeness (QED) is 0.417. The number of carbonyl (C=O) groups excluding carboxylic acids is 1. The number of nitrogens with zero attached hydrogens (tertiary/aromatic N) is 1. The van der Waals surface area contributed by atoms with Crippen LogP contribution >= 0.6 is 20.4 Å². The summed E-state index contributed by atoms with van der Waals surface area (Å²) in [6.07, 6.45) is 0. The highest BCUT2D eigenvalue weighted by Crippen LogP contribution is 2.43. The molecule has 0 saturated carbocycles. The second-order valence-electron chi connectivity index (χ2n) is 5.39. The molecule has 2 aromatic carbocycles. The number of benzene rings is 2. The Morgan fingerprint density at radius 2 is 2.04 bits per heavy atom. The van der Waals surface area contributed by atoms with Crippen molar-refractivity contribution in [1.82, 2.24) is 5.32 Å². The predicted molar refractivity (Wildman–Crippen MR) is 99.0 cm³/mol. The first-order chi connectivity index (χ1) is 12.3. The summed E-state index contributed by atoms with van der Waals surface area (Å²) < 4.78 is 0. The lowest BCUT2D eigenvalue weighted by Crippen LogP contribution is -2.34. The van der Waals surface area contributed by atoms with Crippen LogP contribution in [0.25, 0.3) is 0 Å². The minimum absolute atomic E-state index is 0.0898. The zero-order valence-electron chi connectivity index (χ0n) is 13.3. The second kappa shape index (κ2) is 6.77. The maximum atomic E-state index is 12.5. The van der Waals surface area contributed by atoms with Crippen LogP contribution in [-0.2, 0) is 0 Å². The Balaban J connectivity index is 1.87. The van der Waals surface area contributed by atoms with E-state index in [1.54, 1.807) is 6.07 Å². The Kier molecular flexibility index (Phi) is 4.66. The molecule has 0 spiro atoms. The number of halogens is 1. The number of fused-ring (bicyclic) bond motifs is 1. The first-order valence-electron chi connectivity index (χ1n) is 7.27. The summed E-state index contributed by atoms with van der Waals surface area (Å²) in [6.45, 7) is 1.49. The number of hydrogen-bond acceptors (Lipinski definition) is 5. The lowest BCUT2D eigenvalue weighted by Gasteiger charge is -2.10. The highest BCUT2D eigenvalue weighted by atomic mass is 35.7. The Morgan fingerprint density at radius 3 is 2.69 bits per heavy atom. The average molecular weight is 394 g/mol. The van der Waals surface area contributed by atoms with Crippen molar-refractivity contribution in [2.75, 3.05) is 5.32 Å². The highest BCUT2D eigenvalue weighted by Gasteiger charge is 2.24. The molecule has 26 heavy (non-hydrogen) atoms.